The monoisotopic (exact) mass is 353 g/mol. The zero-order valence-corrected chi connectivity index (χ0v) is 15.4. The number of para-hydroxylation sites is 1. The van der Waals surface area contributed by atoms with Crippen molar-refractivity contribution < 1.29 is 4.39 Å². The Morgan fingerprint density at radius 2 is 1.54 bits per heavy atom. The molecule has 0 unspecified atom stereocenters. The van der Waals surface area contributed by atoms with Crippen molar-refractivity contribution in [2.45, 2.75) is 25.4 Å². The Morgan fingerprint density at radius 1 is 0.808 bits per heavy atom. The summed E-state index contributed by atoms with van der Waals surface area (Å²) in [7, 11) is 0. The first-order valence-electron chi connectivity index (χ1n) is 9.79. The maximum atomic E-state index is 13.4. The van der Waals surface area contributed by atoms with Crippen LogP contribution in [0.2, 0.25) is 0 Å². The first-order valence-corrected chi connectivity index (χ1v) is 9.79. The van der Waals surface area contributed by atoms with Gasteiger partial charge in [0.1, 0.15) is 5.82 Å². The number of piperidine rings is 1. The second kappa shape index (κ2) is 8.19. The number of halogens is 1. The number of rotatable bonds is 4. The Hall–Kier alpha value is -1.91. The molecular formula is C22H28FN3. The van der Waals surface area contributed by atoms with Crippen molar-refractivity contribution >= 4 is 5.69 Å². The second-order valence-corrected chi connectivity index (χ2v) is 7.50. The van der Waals surface area contributed by atoms with Gasteiger partial charge in [-0.05, 0) is 55.8 Å². The standard InChI is InChI=1S/C22H28FN3/c23-20-6-4-5-19(17-20)18-24-11-9-22(10-12-24)26-15-13-25(14-16-26)21-7-2-1-3-8-21/h1-8,17,22H,9-16,18H2. The molecule has 4 rings (SSSR count). The molecule has 0 atom stereocenters. The van der Waals surface area contributed by atoms with Crippen LogP contribution in [0.25, 0.3) is 0 Å². The third-order valence-corrected chi connectivity index (χ3v) is 5.80. The van der Waals surface area contributed by atoms with Gasteiger partial charge in [0.25, 0.3) is 0 Å². The van der Waals surface area contributed by atoms with Gasteiger partial charge < -0.3 is 4.90 Å². The van der Waals surface area contributed by atoms with E-state index in [-0.39, 0.29) is 5.82 Å². The summed E-state index contributed by atoms with van der Waals surface area (Å²) in [6, 6.07) is 18.5. The van der Waals surface area contributed by atoms with Gasteiger partial charge >= 0.3 is 0 Å². The molecule has 0 spiro atoms. The highest BCUT2D eigenvalue weighted by Gasteiger charge is 2.27. The molecule has 4 heteroatoms. The van der Waals surface area contributed by atoms with E-state index in [1.54, 1.807) is 6.07 Å². The van der Waals surface area contributed by atoms with Crippen molar-refractivity contribution in [3.63, 3.8) is 0 Å². The van der Waals surface area contributed by atoms with E-state index < -0.39 is 0 Å². The number of piperazine rings is 1. The smallest absolute Gasteiger partial charge is 0.123 e. The van der Waals surface area contributed by atoms with E-state index in [4.69, 9.17) is 0 Å². The van der Waals surface area contributed by atoms with Crippen LogP contribution < -0.4 is 4.90 Å². The highest BCUT2D eigenvalue weighted by atomic mass is 19.1. The van der Waals surface area contributed by atoms with Crippen LogP contribution in [-0.4, -0.2) is 55.1 Å². The van der Waals surface area contributed by atoms with E-state index in [0.717, 1.165) is 51.4 Å². The summed E-state index contributed by atoms with van der Waals surface area (Å²) in [6.07, 6.45) is 2.45. The lowest BCUT2D eigenvalue weighted by molar-refractivity contribution is 0.0998. The molecule has 2 heterocycles. The topological polar surface area (TPSA) is 9.72 Å². The molecule has 0 radical (unpaired) electrons. The molecule has 0 aliphatic carbocycles. The van der Waals surface area contributed by atoms with Gasteiger partial charge in [-0.2, -0.15) is 0 Å². The summed E-state index contributed by atoms with van der Waals surface area (Å²) in [5.74, 6) is -0.131. The Labute approximate surface area is 156 Å². The van der Waals surface area contributed by atoms with Gasteiger partial charge in [-0.15, -0.1) is 0 Å². The minimum absolute atomic E-state index is 0.131. The van der Waals surface area contributed by atoms with E-state index in [9.17, 15) is 4.39 Å². The Balaban J connectivity index is 1.24. The summed E-state index contributed by atoms with van der Waals surface area (Å²) >= 11 is 0. The zero-order chi connectivity index (χ0) is 17.8. The maximum absolute atomic E-state index is 13.4. The van der Waals surface area contributed by atoms with Crippen molar-refractivity contribution in [3.8, 4) is 0 Å². The molecule has 2 aliphatic rings. The van der Waals surface area contributed by atoms with Gasteiger partial charge in [0.2, 0.25) is 0 Å². The minimum Gasteiger partial charge on any atom is -0.369 e. The number of likely N-dealkylation sites (tertiary alicyclic amines) is 1. The minimum atomic E-state index is -0.131. The number of nitrogens with zero attached hydrogens (tertiary/aromatic N) is 3. The number of hydrogen-bond donors (Lipinski definition) is 0. The summed E-state index contributed by atoms with van der Waals surface area (Å²) in [6.45, 7) is 7.64. The van der Waals surface area contributed by atoms with Crippen LogP contribution in [0.1, 0.15) is 18.4 Å². The number of anilines is 1. The van der Waals surface area contributed by atoms with Crippen LogP contribution in [0.3, 0.4) is 0 Å². The average molecular weight is 353 g/mol. The van der Waals surface area contributed by atoms with Crippen molar-refractivity contribution in [2.75, 3.05) is 44.2 Å². The molecule has 2 aliphatic heterocycles. The van der Waals surface area contributed by atoms with Crippen LogP contribution in [0.15, 0.2) is 54.6 Å². The van der Waals surface area contributed by atoms with Gasteiger partial charge in [-0.3, -0.25) is 9.80 Å². The summed E-state index contributed by atoms with van der Waals surface area (Å²) in [4.78, 5) is 7.64. The van der Waals surface area contributed by atoms with Crippen molar-refractivity contribution in [2.24, 2.45) is 0 Å². The molecule has 2 saturated heterocycles. The van der Waals surface area contributed by atoms with Crippen molar-refractivity contribution in [1.29, 1.82) is 0 Å². The molecule has 0 N–H and O–H groups in total. The Morgan fingerprint density at radius 3 is 2.23 bits per heavy atom. The Bertz CT molecular complexity index is 690. The first kappa shape index (κ1) is 17.5. The van der Waals surface area contributed by atoms with E-state index in [1.165, 1.54) is 24.6 Å². The fraction of sp³-hybridized carbons (Fsp3) is 0.455. The molecule has 138 valence electrons. The third kappa shape index (κ3) is 4.25. The Kier molecular flexibility index (Phi) is 5.51. The molecule has 2 aromatic carbocycles. The lowest BCUT2D eigenvalue weighted by Crippen LogP contribution is -2.53. The maximum Gasteiger partial charge on any atom is 0.123 e. The van der Waals surface area contributed by atoms with Crippen LogP contribution >= 0.6 is 0 Å². The molecule has 0 amide bonds. The zero-order valence-electron chi connectivity index (χ0n) is 15.4. The quantitative estimate of drug-likeness (QED) is 0.831. The predicted octanol–water partition coefficient (Wildman–Crippen LogP) is 3.61. The van der Waals surface area contributed by atoms with E-state index in [2.05, 4.69) is 45.0 Å². The van der Waals surface area contributed by atoms with Gasteiger partial charge in [0.05, 0.1) is 0 Å². The van der Waals surface area contributed by atoms with E-state index in [0.29, 0.717) is 6.04 Å². The van der Waals surface area contributed by atoms with E-state index in [1.807, 2.05) is 12.1 Å². The molecule has 3 nitrogen and oxygen atoms in total. The molecule has 0 aromatic heterocycles. The van der Waals surface area contributed by atoms with Crippen LogP contribution in [0.5, 0.6) is 0 Å². The number of benzene rings is 2. The van der Waals surface area contributed by atoms with Crippen LogP contribution in [0.4, 0.5) is 10.1 Å². The van der Waals surface area contributed by atoms with Gasteiger partial charge in [-0.1, -0.05) is 30.3 Å². The fourth-order valence-electron chi connectivity index (χ4n) is 4.32. The highest BCUT2D eigenvalue weighted by molar-refractivity contribution is 5.46. The lowest BCUT2D eigenvalue weighted by Gasteiger charge is -2.43. The molecule has 2 aromatic rings. The first-order chi connectivity index (χ1) is 12.8. The molecule has 0 bridgehead atoms. The van der Waals surface area contributed by atoms with Crippen molar-refractivity contribution in [1.82, 2.24) is 9.80 Å². The predicted molar refractivity (Wildman–Crippen MR) is 105 cm³/mol. The summed E-state index contributed by atoms with van der Waals surface area (Å²) in [5, 5.41) is 0. The molecule has 26 heavy (non-hydrogen) atoms. The average Bonchev–Trinajstić information content (AvgIpc) is 2.70. The molecular weight excluding hydrogens is 325 g/mol. The lowest BCUT2D eigenvalue weighted by atomic mass is 10.0. The van der Waals surface area contributed by atoms with Gasteiger partial charge in [0.15, 0.2) is 0 Å². The normalized spacial score (nSPS) is 20.4. The number of hydrogen-bond acceptors (Lipinski definition) is 3. The van der Waals surface area contributed by atoms with Gasteiger partial charge in [0, 0.05) is 44.5 Å². The van der Waals surface area contributed by atoms with E-state index >= 15 is 0 Å². The third-order valence-electron chi connectivity index (χ3n) is 5.80. The van der Waals surface area contributed by atoms with Crippen LogP contribution in [0, 0.1) is 5.82 Å². The molecule has 0 saturated carbocycles. The van der Waals surface area contributed by atoms with Crippen molar-refractivity contribution in [3.05, 3.63) is 66.0 Å². The largest absolute Gasteiger partial charge is 0.369 e. The van der Waals surface area contributed by atoms with Gasteiger partial charge in [-0.25, -0.2) is 4.39 Å². The SMILES string of the molecule is Fc1cccc(CN2CCC(N3CCN(c4ccccc4)CC3)CC2)c1. The summed E-state index contributed by atoms with van der Waals surface area (Å²) in [5.41, 5.74) is 2.43. The fourth-order valence-corrected chi connectivity index (χ4v) is 4.32. The highest BCUT2D eigenvalue weighted by Crippen LogP contribution is 2.22. The second-order valence-electron chi connectivity index (χ2n) is 7.50. The molecule has 2 fully saturated rings. The summed E-state index contributed by atoms with van der Waals surface area (Å²) < 4.78 is 13.4. The van der Waals surface area contributed by atoms with Crippen LogP contribution in [-0.2, 0) is 6.54 Å².